The Kier molecular flexibility index (Phi) is 4.69. The second-order valence-corrected chi connectivity index (χ2v) is 6.55. The first-order valence-electron chi connectivity index (χ1n) is 8.59. The molecule has 4 rings (SSSR count). The lowest BCUT2D eigenvalue weighted by atomic mass is 9.90. The molecule has 3 heterocycles. The molecular weight excluding hydrogens is 330 g/mol. The van der Waals surface area contributed by atoms with E-state index in [0.717, 1.165) is 30.1 Å². The van der Waals surface area contributed by atoms with Crippen LogP contribution in [-0.2, 0) is 17.7 Å². The molecule has 1 aliphatic heterocycles. The zero-order valence-electron chi connectivity index (χ0n) is 14.6. The molecule has 0 saturated carbocycles. The quantitative estimate of drug-likeness (QED) is 0.706. The molecule has 0 atom stereocenters. The van der Waals surface area contributed by atoms with Crippen LogP contribution in [0.3, 0.4) is 0 Å². The van der Waals surface area contributed by atoms with Crippen molar-refractivity contribution in [2.24, 2.45) is 0 Å². The van der Waals surface area contributed by atoms with Crippen molar-refractivity contribution < 1.29 is 14.0 Å². The molecule has 1 fully saturated rings. The first-order chi connectivity index (χ1) is 12.8. The number of pyridine rings is 1. The van der Waals surface area contributed by atoms with Gasteiger partial charge in [0.25, 0.3) is 0 Å². The van der Waals surface area contributed by atoms with Gasteiger partial charge >= 0.3 is 0 Å². The minimum Gasteiger partial charge on any atom is -0.497 e. The summed E-state index contributed by atoms with van der Waals surface area (Å²) in [7, 11) is 1.67. The van der Waals surface area contributed by atoms with Gasteiger partial charge in [0.2, 0.25) is 0 Å². The molecular formula is C20H21N3O3. The summed E-state index contributed by atoms with van der Waals surface area (Å²) in [6, 6.07) is 15.7. The Morgan fingerprint density at radius 3 is 2.65 bits per heavy atom. The molecule has 26 heavy (non-hydrogen) atoms. The van der Waals surface area contributed by atoms with Crippen molar-refractivity contribution in [2.75, 3.05) is 20.3 Å². The Morgan fingerprint density at radius 1 is 1.15 bits per heavy atom. The van der Waals surface area contributed by atoms with Crippen LogP contribution in [0.15, 0.2) is 59.3 Å². The fourth-order valence-electron chi connectivity index (χ4n) is 3.02. The van der Waals surface area contributed by atoms with E-state index in [4.69, 9.17) is 14.0 Å². The summed E-state index contributed by atoms with van der Waals surface area (Å²) in [5.41, 5.74) is 2.77. The van der Waals surface area contributed by atoms with Gasteiger partial charge in [-0.3, -0.25) is 4.98 Å². The molecule has 134 valence electrons. The van der Waals surface area contributed by atoms with Crippen LogP contribution >= 0.6 is 0 Å². The van der Waals surface area contributed by atoms with Gasteiger partial charge in [0.05, 0.1) is 31.6 Å². The van der Waals surface area contributed by atoms with Crippen LogP contribution in [0, 0.1) is 0 Å². The van der Waals surface area contributed by atoms with E-state index in [-0.39, 0.29) is 5.54 Å². The zero-order chi connectivity index (χ0) is 17.8. The standard InChI is InChI=1S/C20H21N3O3/c1-24-17-7-5-15(6-8-17)12-22-20(13-25-14-20)11-16-10-19(26-23-16)18-4-2-3-9-21-18/h2-10,22H,11-14H2,1H3. The van der Waals surface area contributed by atoms with Crippen LogP contribution in [0.4, 0.5) is 0 Å². The maximum absolute atomic E-state index is 5.47. The highest BCUT2D eigenvalue weighted by Gasteiger charge is 2.39. The summed E-state index contributed by atoms with van der Waals surface area (Å²) in [4.78, 5) is 4.30. The molecule has 0 aliphatic carbocycles. The lowest BCUT2D eigenvalue weighted by Crippen LogP contribution is -2.61. The van der Waals surface area contributed by atoms with Crippen molar-refractivity contribution in [3.8, 4) is 17.2 Å². The van der Waals surface area contributed by atoms with Gasteiger partial charge in [0, 0.05) is 25.2 Å². The number of ether oxygens (including phenoxy) is 2. The molecule has 2 aromatic heterocycles. The summed E-state index contributed by atoms with van der Waals surface area (Å²) >= 11 is 0. The summed E-state index contributed by atoms with van der Waals surface area (Å²) < 4.78 is 16.1. The predicted octanol–water partition coefficient (Wildman–Crippen LogP) is 2.85. The van der Waals surface area contributed by atoms with Gasteiger partial charge in [-0.15, -0.1) is 0 Å². The Morgan fingerprint density at radius 2 is 2.00 bits per heavy atom. The smallest absolute Gasteiger partial charge is 0.185 e. The number of hydrogen-bond donors (Lipinski definition) is 1. The average molecular weight is 351 g/mol. The average Bonchev–Trinajstić information content (AvgIpc) is 3.13. The molecule has 6 nitrogen and oxygen atoms in total. The predicted molar refractivity (Wildman–Crippen MR) is 96.8 cm³/mol. The number of nitrogens with zero attached hydrogens (tertiary/aromatic N) is 2. The SMILES string of the molecule is COc1ccc(CNC2(Cc3cc(-c4ccccn4)on3)COC2)cc1. The van der Waals surface area contributed by atoms with Crippen molar-refractivity contribution in [1.82, 2.24) is 15.5 Å². The largest absolute Gasteiger partial charge is 0.497 e. The van der Waals surface area contributed by atoms with E-state index in [1.807, 2.05) is 36.4 Å². The van der Waals surface area contributed by atoms with Gasteiger partial charge < -0.3 is 19.3 Å². The second-order valence-electron chi connectivity index (χ2n) is 6.55. The zero-order valence-corrected chi connectivity index (χ0v) is 14.6. The van der Waals surface area contributed by atoms with E-state index in [2.05, 4.69) is 27.6 Å². The molecule has 0 unspecified atom stereocenters. The molecule has 1 aliphatic rings. The van der Waals surface area contributed by atoms with E-state index in [1.54, 1.807) is 13.3 Å². The molecule has 0 radical (unpaired) electrons. The molecule has 3 aromatic rings. The first kappa shape index (κ1) is 16.8. The topological polar surface area (TPSA) is 69.4 Å². The Bertz CT molecular complexity index is 842. The van der Waals surface area contributed by atoms with Gasteiger partial charge in [0.15, 0.2) is 5.76 Å². The van der Waals surface area contributed by atoms with Crippen LogP contribution in [0.25, 0.3) is 11.5 Å². The number of aromatic nitrogens is 2. The monoisotopic (exact) mass is 351 g/mol. The second kappa shape index (κ2) is 7.27. The number of nitrogens with one attached hydrogen (secondary N) is 1. The summed E-state index contributed by atoms with van der Waals surface area (Å²) in [6.45, 7) is 2.09. The lowest BCUT2D eigenvalue weighted by molar-refractivity contribution is -0.0755. The normalized spacial score (nSPS) is 15.4. The molecule has 0 amide bonds. The fourth-order valence-corrected chi connectivity index (χ4v) is 3.02. The minimum atomic E-state index is -0.113. The number of methoxy groups -OCH3 is 1. The van der Waals surface area contributed by atoms with Gasteiger partial charge in [-0.2, -0.15) is 0 Å². The third-order valence-electron chi connectivity index (χ3n) is 4.58. The van der Waals surface area contributed by atoms with E-state index in [0.29, 0.717) is 19.0 Å². The number of rotatable bonds is 7. The Hall–Kier alpha value is -2.70. The van der Waals surface area contributed by atoms with Crippen molar-refractivity contribution in [2.45, 2.75) is 18.5 Å². The maximum Gasteiger partial charge on any atom is 0.185 e. The number of hydrogen-bond acceptors (Lipinski definition) is 6. The van der Waals surface area contributed by atoms with E-state index < -0.39 is 0 Å². The fraction of sp³-hybridized carbons (Fsp3) is 0.300. The van der Waals surface area contributed by atoms with Crippen molar-refractivity contribution in [3.05, 3.63) is 66.0 Å². The summed E-state index contributed by atoms with van der Waals surface area (Å²) in [5.74, 6) is 1.55. The van der Waals surface area contributed by atoms with Gasteiger partial charge in [-0.1, -0.05) is 23.4 Å². The summed E-state index contributed by atoms with van der Waals surface area (Å²) in [5, 5.41) is 7.83. The highest BCUT2D eigenvalue weighted by molar-refractivity contribution is 5.51. The van der Waals surface area contributed by atoms with Crippen LogP contribution in [0.1, 0.15) is 11.3 Å². The van der Waals surface area contributed by atoms with Gasteiger partial charge in [-0.25, -0.2) is 0 Å². The number of benzene rings is 1. The molecule has 0 spiro atoms. The van der Waals surface area contributed by atoms with Gasteiger partial charge in [0.1, 0.15) is 11.4 Å². The van der Waals surface area contributed by atoms with Crippen molar-refractivity contribution >= 4 is 0 Å². The Balaban J connectivity index is 1.41. The first-order valence-corrected chi connectivity index (χ1v) is 8.59. The van der Waals surface area contributed by atoms with Crippen LogP contribution < -0.4 is 10.1 Å². The molecule has 1 N–H and O–H groups in total. The third-order valence-corrected chi connectivity index (χ3v) is 4.58. The van der Waals surface area contributed by atoms with Crippen LogP contribution in [0.2, 0.25) is 0 Å². The maximum atomic E-state index is 5.47. The van der Waals surface area contributed by atoms with Crippen LogP contribution in [-0.4, -0.2) is 36.0 Å². The van der Waals surface area contributed by atoms with Crippen LogP contribution in [0.5, 0.6) is 5.75 Å². The Labute approximate surface area is 152 Å². The third kappa shape index (κ3) is 3.61. The summed E-state index contributed by atoms with van der Waals surface area (Å²) in [6.07, 6.45) is 2.49. The molecule has 6 heteroatoms. The molecule has 1 saturated heterocycles. The van der Waals surface area contributed by atoms with Crippen molar-refractivity contribution in [1.29, 1.82) is 0 Å². The van der Waals surface area contributed by atoms with Crippen molar-refractivity contribution in [3.63, 3.8) is 0 Å². The van der Waals surface area contributed by atoms with Gasteiger partial charge in [-0.05, 0) is 29.8 Å². The van der Waals surface area contributed by atoms with E-state index in [9.17, 15) is 0 Å². The highest BCUT2D eigenvalue weighted by Crippen LogP contribution is 2.25. The molecule has 1 aromatic carbocycles. The lowest BCUT2D eigenvalue weighted by Gasteiger charge is -2.42. The van der Waals surface area contributed by atoms with E-state index >= 15 is 0 Å². The molecule has 0 bridgehead atoms. The minimum absolute atomic E-state index is 0.113. The van der Waals surface area contributed by atoms with E-state index in [1.165, 1.54) is 5.56 Å². The highest BCUT2D eigenvalue weighted by atomic mass is 16.5.